The summed E-state index contributed by atoms with van der Waals surface area (Å²) < 4.78 is 3.61. The van der Waals surface area contributed by atoms with Crippen molar-refractivity contribution in [1.82, 2.24) is 14.8 Å². The Balaban J connectivity index is 1.98. The first kappa shape index (κ1) is 14.6. The summed E-state index contributed by atoms with van der Waals surface area (Å²) in [6.07, 6.45) is 0. The molecular formula is C17H12ClN3S2. The number of nitrogens with one attached hydrogen (secondary N) is 1. The van der Waals surface area contributed by atoms with Crippen LogP contribution in [0.2, 0.25) is 5.02 Å². The van der Waals surface area contributed by atoms with Gasteiger partial charge in [0.05, 0.1) is 15.6 Å². The topological polar surface area (TPSA) is 33.6 Å². The van der Waals surface area contributed by atoms with Gasteiger partial charge in [-0.2, -0.15) is 5.10 Å². The number of aromatic nitrogens is 3. The third-order valence-corrected chi connectivity index (χ3v) is 5.65. The highest BCUT2D eigenvalue weighted by atomic mass is 35.5. The Morgan fingerprint density at radius 2 is 1.87 bits per heavy atom. The van der Waals surface area contributed by atoms with E-state index in [4.69, 9.17) is 23.8 Å². The molecule has 4 aromatic rings. The molecule has 0 fully saturated rings. The van der Waals surface area contributed by atoms with Crippen LogP contribution < -0.4 is 0 Å². The average molecular weight is 358 g/mol. The molecule has 2 aromatic heterocycles. The molecule has 2 aromatic carbocycles. The summed E-state index contributed by atoms with van der Waals surface area (Å²) >= 11 is 13.6. The van der Waals surface area contributed by atoms with Crippen molar-refractivity contribution >= 4 is 45.2 Å². The predicted octanol–water partition coefficient (Wildman–Crippen LogP) is 5.77. The van der Waals surface area contributed by atoms with Crippen molar-refractivity contribution in [3.8, 4) is 16.4 Å². The van der Waals surface area contributed by atoms with Gasteiger partial charge in [-0.1, -0.05) is 47.5 Å². The summed E-state index contributed by atoms with van der Waals surface area (Å²) in [5, 5.41) is 9.05. The SMILES string of the molecule is Cc1ccc(-n2c(-c3sc4ccccc4c3Cl)n[nH]c2=S)cc1. The minimum absolute atomic E-state index is 0.553. The second-order valence-corrected chi connectivity index (χ2v) is 7.08. The lowest BCUT2D eigenvalue weighted by Gasteiger charge is -2.06. The van der Waals surface area contributed by atoms with Gasteiger partial charge < -0.3 is 0 Å². The average Bonchev–Trinajstić information content (AvgIpc) is 3.09. The van der Waals surface area contributed by atoms with Crippen LogP contribution in [0.4, 0.5) is 0 Å². The fraction of sp³-hybridized carbons (Fsp3) is 0.0588. The fourth-order valence-corrected chi connectivity index (χ4v) is 4.27. The van der Waals surface area contributed by atoms with Gasteiger partial charge in [-0.15, -0.1) is 11.3 Å². The van der Waals surface area contributed by atoms with Crippen molar-refractivity contribution in [2.75, 3.05) is 0 Å². The summed E-state index contributed by atoms with van der Waals surface area (Å²) in [6.45, 7) is 2.06. The van der Waals surface area contributed by atoms with Crippen molar-refractivity contribution in [1.29, 1.82) is 0 Å². The maximum absolute atomic E-state index is 6.59. The number of aryl methyl sites for hydroxylation is 1. The standard InChI is InChI=1S/C17H12ClN3S2/c1-10-6-8-11(9-7-10)21-16(19-20-17(21)22)15-14(18)12-4-2-3-5-13(12)23-15/h2-9H,1H3,(H,20,22). The first-order chi connectivity index (χ1) is 11.1. The monoisotopic (exact) mass is 357 g/mol. The Labute approximate surface area is 147 Å². The van der Waals surface area contributed by atoms with Crippen LogP contribution in [-0.4, -0.2) is 14.8 Å². The summed E-state index contributed by atoms with van der Waals surface area (Å²) in [4.78, 5) is 0.917. The number of rotatable bonds is 2. The van der Waals surface area contributed by atoms with Gasteiger partial charge in [0.1, 0.15) is 0 Å². The zero-order valence-electron chi connectivity index (χ0n) is 12.2. The Morgan fingerprint density at radius 3 is 2.61 bits per heavy atom. The quantitative estimate of drug-likeness (QED) is 0.462. The van der Waals surface area contributed by atoms with E-state index in [0.717, 1.165) is 26.5 Å². The molecule has 0 spiro atoms. The summed E-state index contributed by atoms with van der Waals surface area (Å²) in [5.74, 6) is 0.741. The van der Waals surface area contributed by atoms with Crippen molar-refractivity contribution < 1.29 is 0 Å². The molecule has 0 unspecified atom stereocenters. The number of hydrogen-bond acceptors (Lipinski definition) is 3. The molecule has 1 N–H and O–H groups in total. The lowest BCUT2D eigenvalue weighted by Crippen LogP contribution is -1.97. The van der Waals surface area contributed by atoms with Gasteiger partial charge in [0, 0.05) is 10.1 Å². The molecule has 114 valence electrons. The van der Waals surface area contributed by atoms with Gasteiger partial charge in [0.25, 0.3) is 0 Å². The minimum Gasteiger partial charge on any atom is -0.267 e. The van der Waals surface area contributed by atoms with E-state index in [1.165, 1.54) is 5.56 Å². The van der Waals surface area contributed by atoms with Gasteiger partial charge in [-0.25, -0.2) is 0 Å². The van der Waals surface area contributed by atoms with Gasteiger partial charge in [-0.3, -0.25) is 9.67 Å². The van der Waals surface area contributed by atoms with E-state index >= 15 is 0 Å². The Morgan fingerprint density at radius 1 is 1.13 bits per heavy atom. The molecule has 0 aliphatic heterocycles. The first-order valence-electron chi connectivity index (χ1n) is 7.07. The number of H-pyrrole nitrogens is 1. The normalized spacial score (nSPS) is 11.2. The van der Waals surface area contributed by atoms with Gasteiger partial charge >= 0.3 is 0 Å². The number of thiophene rings is 1. The summed E-state index contributed by atoms with van der Waals surface area (Å²) in [5.41, 5.74) is 2.17. The second kappa shape index (κ2) is 5.60. The van der Waals surface area contributed by atoms with E-state index < -0.39 is 0 Å². The first-order valence-corrected chi connectivity index (χ1v) is 8.67. The minimum atomic E-state index is 0.553. The maximum Gasteiger partial charge on any atom is 0.200 e. The molecule has 0 saturated carbocycles. The molecule has 0 aliphatic rings. The van der Waals surface area contributed by atoms with Crippen LogP contribution in [-0.2, 0) is 0 Å². The third-order valence-electron chi connectivity index (χ3n) is 3.70. The highest BCUT2D eigenvalue weighted by Crippen LogP contribution is 2.41. The van der Waals surface area contributed by atoms with Crippen LogP contribution in [0, 0.1) is 11.7 Å². The van der Waals surface area contributed by atoms with E-state index in [1.807, 2.05) is 34.9 Å². The molecule has 0 bridgehead atoms. The van der Waals surface area contributed by atoms with E-state index in [9.17, 15) is 0 Å². The van der Waals surface area contributed by atoms with E-state index in [1.54, 1.807) is 11.3 Å². The van der Waals surface area contributed by atoms with Crippen molar-refractivity contribution in [2.24, 2.45) is 0 Å². The van der Waals surface area contributed by atoms with Crippen LogP contribution >= 0.6 is 35.2 Å². The fourth-order valence-electron chi connectivity index (χ4n) is 2.54. The van der Waals surface area contributed by atoms with Crippen molar-refractivity contribution in [3.63, 3.8) is 0 Å². The molecule has 3 nitrogen and oxygen atoms in total. The zero-order valence-corrected chi connectivity index (χ0v) is 14.6. The lowest BCUT2D eigenvalue weighted by molar-refractivity contribution is 1.04. The van der Waals surface area contributed by atoms with E-state index in [-0.39, 0.29) is 0 Å². The van der Waals surface area contributed by atoms with Crippen LogP contribution in [0.5, 0.6) is 0 Å². The second-order valence-electron chi connectivity index (χ2n) is 5.26. The van der Waals surface area contributed by atoms with Crippen LogP contribution in [0.1, 0.15) is 5.56 Å². The molecule has 6 heteroatoms. The predicted molar refractivity (Wildman–Crippen MR) is 99.3 cm³/mol. The third kappa shape index (κ3) is 2.41. The highest BCUT2D eigenvalue weighted by Gasteiger charge is 2.18. The number of nitrogens with zero attached hydrogens (tertiary/aromatic N) is 2. The molecule has 23 heavy (non-hydrogen) atoms. The largest absolute Gasteiger partial charge is 0.267 e. The maximum atomic E-state index is 6.59. The molecule has 2 heterocycles. The summed E-state index contributed by atoms with van der Waals surface area (Å²) in [6, 6.07) is 16.3. The number of halogens is 1. The molecule has 0 radical (unpaired) electrons. The smallest absolute Gasteiger partial charge is 0.200 e. The molecular weight excluding hydrogens is 346 g/mol. The Bertz CT molecular complexity index is 1060. The Kier molecular flexibility index (Phi) is 3.56. The van der Waals surface area contributed by atoms with Crippen molar-refractivity contribution in [3.05, 3.63) is 63.9 Å². The zero-order chi connectivity index (χ0) is 16.0. The number of hydrogen-bond donors (Lipinski definition) is 1. The van der Waals surface area contributed by atoms with E-state index in [0.29, 0.717) is 9.79 Å². The van der Waals surface area contributed by atoms with Gasteiger partial charge in [-0.05, 0) is 37.3 Å². The number of aromatic amines is 1. The lowest BCUT2D eigenvalue weighted by atomic mass is 10.2. The number of benzene rings is 2. The summed E-state index contributed by atoms with van der Waals surface area (Å²) in [7, 11) is 0. The molecule has 0 atom stereocenters. The van der Waals surface area contributed by atoms with Gasteiger partial charge in [0.15, 0.2) is 10.6 Å². The highest BCUT2D eigenvalue weighted by molar-refractivity contribution is 7.71. The van der Waals surface area contributed by atoms with E-state index in [2.05, 4.69) is 35.3 Å². The van der Waals surface area contributed by atoms with Crippen LogP contribution in [0.3, 0.4) is 0 Å². The van der Waals surface area contributed by atoms with Crippen LogP contribution in [0.15, 0.2) is 48.5 Å². The molecule has 4 rings (SSSR count). The van der Waals surface area contributed by atoms with Gasteiger partial charge in [0.2, 0.25) is 0 Å². The molecule has 0 saturated heterocycles. The Hall–Kier alpha value is -1.95. The molecule has 0 aliphatic carbocycles. The van der Waals surface area contributed by atoms with Crippen molar-refractivity contribution in [2.45, 2.75) is 6.92 Å². The number of fused-ring (bicyclic) bond motifs is 1. The van der Waals surface area contributed by atoms with Crippen LogP contribution in [0.25, 0.3) is 26.5 Å². The molecule has 0 amide bonds.